The predicted octanol–water partition coefficient (Wildman–Crippen LogP) is 4.41. The fraction of sp³-hybridized carbons (Fsp3) is 0.444. The van der Waals surface area contributed by atoms with Gasteiger partial charge in [-0.1, -0.05) is 67.8 Å². The van der Waals surface area contributed by atoms with E-state index in [0.717, 1.165) is 41.5 Å². The summed E-state index contributed by atoms with van der Waals surface area (Å²) < 4.78 is 5.69. The van der Waals surface area contributed by atoms with Crippen molar-refractivity contribution in [2.45, 2.75) is 57.0 Å². The fourth-order valence-corrected chi connectivity index (χ4v) is 5.19. The molecule has 1 fully saturated rings. The number of amides is 2. The van der Waals surface area contributed by atoms with Crippen molar-refractivity contribution in [1.29, 1.82) is 0 Å². The lowest BCUT2D eigenvalue weighted by molar-refractivity contribution is -0.150. The van der Waals surface area contributed by atoms with E-state index in [1.54, 1.807) is 0 Å². The van der Waals surface area contributed by atoms with Crippen LogP contribution in [0.2, 0.25) is 0 Å². The first-order valence-electron chi connectivity index (χ1n) is 12.0. The average Bonchev–Trinajstić information content (AvgIpc) is 2.98. The largest absolute Gasteiger partial charge is 0.480 e. The highest BCUT2D eigenvalue weighted by Gasteiger charge is 2.36. The van der Waals surface area contributed by atoms with Gasteiger partial charge in [0, 0.05) is 19.0 Å². The van der Waals surface area contributed by atoms with E-state index in [1.807, 2.05) is 24.3 Å². The van der Waals surface area contributed by atoms with Gasteiger partial charge in [0.1, 0.15) is 12.6 Å². The molecule has 0 spiro atoms. The number of carbonyl (C=O) groups excluding carboxylic acids is 2. The van der Waals surface area contributed by atoms with Gasteiger partial charge in [0.25, 0.3) is 0 Å². The molecule has 4 rings (SSSR count). The maximum atomic E-state index is 13.1. The number of alkyl carbamates (subject to hydrolysis) is 1. The molecule has 0 saturated heterocycles. The average molecular weight is 465 g/mol. The van der Waals surface area contributed by atoms with Crippen molar-refractivity contribution in [2.75, 3.05) is 13.7 Å². The van der Waals surface area contributed by atoms with E-state index >= 15 is 0 Å². The number of carbonyl (C=O) groups is 3. The van der Waals surface area contributed by atoms with E-state index in [2.05, 4.69) is 29.6 Å². The normalized spacial score (nSPS) is 20.4. The van der Waals surface area contributed by atoms with E-state index in [0.29, 0.717) is 12.8 Å². The van der Waals surface area contributed by atoms with Crippen molar-refractivity contribution in [3.05, 3.63) is 59.7 Å². The highest BCUT2D eigenvalue weighted by atomic mass is 16.5. The van der Waals surface area contributed by atoms with E-state index in [1.165, 1.54) is 18.9 Å². The van der Waals surface area contributed by atoms with Crippen molar-refractivity contribution in [3.63, 3.8) is 0 Å². The summed E-state index contributed by atoms with van der Waals surface area (Å²) in [5.41, 5.74) is 4.61. The second-order valence-electron chi connectivity index (χ2n) is 9.28. The van der Waals surface area contributed by atoms with Crippen molar-refractivity contribution in [2.24, 2.45) is 5.92 Å². The number of rotatable bonds is 6. The molecule has 0 heterocycles. The van der Waals surface area contributed by atoms with Crippen LogP contribution in [-0.2, 0) is 14.3 Å². The summed E-state index contributed by atoms with van der Waals surface area (Å²) >= 11 is 0. The first-order chi connectivity index (χ1) is 16.4. The van der Waals surface area contributed by atoms with Crippen molar-refractivity contribution >= 4 is 18.0 Å². The topological polar surface area (TPSA) is 95.9 Å². The molecule has 180 valence electrons. The van der Waals surface area contributed by atoms with Crippen LogP contribution in [0.25, 0.3) is 11.1 Å². The third-order valence-electron chi connectivity index (χ3n) is 7.27. The molecule has 7 heteroatoms. The molecule has 1 saturated carbocycles. The third kappa shape index (κ3) is 4.79. The lowest BCUT2D eigenvalue weighted by Crippen LogP contribution is -2.50. The van der Waals surface area contributed by atoms with Crippen molar-refractivity contribution < 1.29 is 24.2 Å². The minimum Gasteiger partial charge on any atom is -0.480 e. The summed E-state index contributed by atoms with van der Waals surface area (Å²) in [6, 6.07) is 15.0. The number of carboxylic acids is 1. The van der Waals surface area contributed by atoms with Gasteiger partial charge < -0.3 is 20.1 Å². The predicted molar refractivity (Wildman–Crippen MR) is 128 cm³/mol. The SMILES string of the molecule is C[C@@H](C(=O)O)N(C)C(=O)[C@H]1CCCCC[C@H]1NC(=O)OCC1c2ccccc2-c2ccccc21. The molecule has 34 heavy (non-hydrogen) atoms. The molecular weight excluding hydrogens is 432 g/mol. The molecule has 2 aromatic carbocycles. The van der Waals surface area contributed by atoms with Crippen LogP contribution in [0.1, 0.15) is 56.1 Å². The number of nitrogens with zero attached hydrogens (tertiary/aromatic N) is 1. The van der Waals surface area contributed by atoms with E-state index in [9.17, 15) is 19.5 Å². The second-order valence-corrected chi connectivity index (χ2v) is 9.28. The smallest absolute Gasteiger partial charge is 0.407 e. The number of likely N-dealkylation sites (N-methyl/N-ethyl adjacent to an activating group) is 1. The number of nitrogens with one attached hydrogen (secondary N) is 1. The zero-order chi connectivity index (χ0) is 24.2. The molecule has 2 N–H and O–H groups in total. The van der Waals surface area contributed by atoms with E-state index in [-0.39, 0.29) is 24.5 Å². The Labute approximate surface area is 200 Å². The van der Waals surface area contributed by atoms with Gasteiger partial charge in [0.2, 0.25) is 5.91 Å². The maximum Gasteiger partial charge on any atom is 0.407 e. The zero-order valence-corrected chi connectivity index (χ0v) is 19.7. The van der Waals surface area contributed by atoms with Gasteiger partial charge in [0.05, 0.1) is 5.92 Å². The van der Waals surface area contributed by atoms with Crippen LogP contribution in [0, 0.1) is 5.92 Å². The Kier molecular flexibility index (Phi) is 7.20. The van der Waals surface area contributed by atoms with Crippen LogP contribution < -0.4 is 5.32 Å². The summed E-state index contributed by atoms with van der Waals surface area (Å²) in [4.78, 5) is 38.6. The molecule has 2 aliphatic carbocycles. The molecule has 0 aromatic heterocycles. The van der Waals surface area contributed by atoms with Crippen LogP contribution in [0.15, 0.2) is 48.5 Å². The maximum absolute atomic E-state index is 13.1. The van der Waals surface area contributed by atoms with Crippen LogP contribution >= 0.6 is 0 Å². The lowest BCUT2D eigenvalue weighted by Gasteiger charge is -2.31. The lowest BCUT2D eigenvalue weighted by atomic mass is 9.93. The van der Waals surface area contributed by atoms with Crippen LogP contribution in [0.5, 0.6) is 0 Å². The van der Waals surface area contributed by atoms with Gasteiger partial charge in [-0.3, -0.25) is 4.79 Å². The summed E-state index contributed by atoms with van der Waals surface area (Å²) in [6.07, 6.45) is 3.48. The molecule has 3 atom stereocenters. The van der Waals surface area contributed by atoms with Crippen LogP contribution in [0.4, 0.5) is 4.79 Å². The van der Waals surface area contributed by atoms with Gasteiger partial charge >= 0.3 is 12.1 Å². The number of benzene rings is 2. The number of aliphatic carboxylic acids is 1. The standard InChI is InChI=1S/C27H32N2O5/c1-17(26(31)32)29(2)25(30)22-14-4-3-5-15-24(22)28-27(33)34-16-23-20-12-8-6-10-18(20)19-11-7-9-13-21(19)23/h6-13,17,22-24H,3-5,14-16H2,1-2H3,(H,28,33)(H,31,32)/t17-,22-,24+/m0/s1. The highest BCUT2D eigenvalue weighted by Crippen LogP contribution is 2.44. The monoisotopic (exact) mass is 464 g/mol. The molecule has 0 bridgehead atoms. The summed E-state index contributed by atoms with van der Waals surface area (Å²) in [5.74, 6) is -1.80. The first-order valence-corrected chi connectivity index (χ1v) is 12.0. The Balaban J connectivity index is 1.43. The van der Waals surface area contributed by atoms with Gasteiger partial charge in [0.15, 0.2) is 0 Å². The van der Waals surface area contributed by atoms with E-state index in [4.69, 9.17) is 4.74 Å². The van der Waals surface area contributed by atoms with E-state index < -0.39 is 24.0 Å². The summed E-state index contributed by atoms with van der Waals surface area (Å²) in [6.45, 7) is 1.70. The molecule has 0 radical (unpaired) electrons. The first kappa shape index (κ1) is 23.8. The number of ether oxygens (including phenoxy) is 1. The molecule has 2 amide bonds. The highest BCUT2D eigenvalue weighted by molar-refractivity contribution is 5.85. The van der Waals surface area contributed by atoms with Crippen LogP contribution in [-0.4, -0.2) is 53.7 Å². The Morgan fingerprint density at radius 2 is 1.59 bits per heavy atom. The number of fused-ring (bicyclic) bond motifs is 3. The zero-order valence-electron chi connectivity index (χ0n) is 19.7. The molecule has 2 aromatic rings. The third-order valence-corrected chi connectivity index (χ3v) is 7.27. The Morgan fingerprint density at radius 3 is 2.21 bits per heavy atom. The summed E-state index contributed by atoms with van der Waals surface area (Å²) in [5, 5.41) is 12.2. The Hall–Kier alpha value is -3.35. The Bertz CT molecular complexity index is 1020. The molecule has 2 aliphatic rings. The molecule has 0 aliphatic heterocycles. The molecule has 0 unspecified atom stereocenters. The fourth-order valence-electron chi connectivity index (χ4n) is 5.19. The van der Waals surface area contributed by atoms with Gasteiger partial charge in [-0.2, -0.15) is 0 Å². The van der Waals surface area contributed by atoms with Gasteiger partial charge in [-0.25, -0.2) is 9.59 Å². The van der Waals surface area contributed by atoms with Crippen LogP contribution in [0.3, 0.4) is 0 Å². The second kappa shape index (κ2) is 10.3. The quantitative estimate of drug-likeness (QED) is 0.618. The number of hydrogen-bond donors (Lipinski definition) is 2. The Morgan fingerprint density at radius 1 is 1.00 bits per heavy atom. The minimum absolute atomic E-state index is 0.0349. The molecular formula is C27H32N2O5. The molecule has 7 nitrogen and oxygen atoms in total. The minimum atomic E-state index is -1.05. The van der Waals surface area contributed by atoms with Crippen molar-refractivity contribution in [1.82, 2.24) is 10.2 Å². The van der Waals surface area contributed by atoms with Gasteiger partial charge in [-0.05, 0) is 42.0 Å². The number of carboxylic acid groups (broad SMARTS) is 1. The van der Waals surface area contributed by atoms with Crippen molar-refractivity contribution in [3.8, 4) is 11.1 Å². The van der Waals surface area contributed by atoms with Gasteiger partial charge in [-0.15, -0.1) is 0 Å². The number of hydrogen-bond acceptors (Lipinski definition) is 4. The summed E-state index contributed by atoms with van der Waals surface area (Å²) in [7, 11) is 1.51.